The van der Waals surface area contributed by atoms with Crippen LogP contribution in [0.3, 0.4) is 0 Å². The van der Waals surface area contributed by atoms with E-state index in [2.05, 4.69) is 5.32 Å². The lowest BCUT2D eigenvalue weighted by atomic mass is 10.1. The molecule has 1 atom stereocenters. The number of nitrogens with zero attached hydrogens (tertiary/aromatic N) is 1. The summed E-state index contributed by atoms with van der Waals surface area (Å²) in [4.78, 5) is 13.6. The van der Waals surface area contributed by atoms with Crippen molar-refractivity contribution in [1.82, 2.24) is 10.2 Å². The van der Waals surface area contributed by atoms with E-state index in [0.717, 1.165) is 18.7 Å². The first-order valence-electron chi connectivity index (χ1n) is 6.87. The number of benzene rings is 1. The highest BCUT2D eigenvalue weighted by Gasteiger charge is 2.30. The first kappa shape index (κ1) is 17.5. The summed E-state index contributed by atoms with van der Waals surface area (Å²) < 4.78 is 37.4. The Labute approximate surface area is 123 Å². The molecule has 3 nitrogen and oxygen atoms in total. The third-order valence-electron chi connectivity index (χ3n) is 3.20. The summed E-state index contributed by atoms with van der Waals surface area (Å²) in [6.07, 6.45) is -4.33. The fourth-order valence-electron chi connectivity index (χ4n) is 1.98. The minimum absolute atomic E-state index is 0.0316. The van der Waals surface area contributed by atoms with Gasteiger partial charge in [-0.25, -0.2) is 0 Å². The van der Waals surface area contributed by atoms with E-state index < -0.39 is 11.7 Å². The molecule has 1 rings (SSSR count). The summed E-state index contributed by atoms with van der Waals surface area (Å²) in [5, 5.41) is 3.10. The number of carbonyl (C=O) groups is 1. The Bertz CT molecular complexity index is 457. The Morgan fingerprint density at radius 3 is 2.33 bits per heavy atom. The topological polar surface area (TPSA) is 32.3 Å². The maximum absolute atomic E-state index is 12.5. The lowest BCUT2D eigenvalue weighted by Crippen LogP contribution is -2.36. The van der Waals surface area contributed by atoms with Crippen LogP contribution in [0.4, 0.5) is 13.2 Å². The molecule has 1 unspecified atom stereocenters. The third kappa shape index (κ3) is 5.38. The molecule has 0 bridgehead atoms. The van der Waals surface area contributed by atoms with Crippen molar-refractivity contribution in [3.63, 3.8) is 0 Å². The highest BCUT2D eigenvalue weighted by molar-refractivity contribution is 5.78. The van der Waals surface area contributed by atoms with Crippen LogP contribution in [0.1, 0.15) is 25.0 Å². The van der Waals surface area contributed by atoms with Gasteiger partial charge in [-0.3, -0.25) is 4.79 Å². The van der Waals surface area contributed by atoms with Crippen LogP contribution in [0.2, 0.25) is 0 Å². The molecule has 0 aromatic heterocycles. The summed E-state index contributed by atoms with van der Waals surface area (Å²) in [6, 6.07) is 4.88. The van der Waals surface area contributed by atoms with E-state index in [1.165, 1.54) is 17.0 Å². The standard InChI is InChI=1S/C15H21F3N2O/c1-4-19-9-11(2)14(21)20(3)10-12-5-7-13(8-6-12)15(16,17)18/h5-8,11,19H,4,9-10H2,1-3H3. The second-order valence-corrected chi connectivity index (χ2v) is 5.10. The van der Waals surface area contributed by atoms with E-state index in [4.69, 9.17) is 0 Å². The van der Waals surface area contributed by atoms with Gasteiger partial charge in [0.2, 0.25) is 5.91 Å². The minimum Gasteiger partial charge on any atom is -0.341 e. The molecule has 6 heteroatoms. The average Bonchev–Trinajstić information content (AvgIpc) is 2.43. The largest absolute Gasteiger partial charge is 0.416 e. The van der Waals surface area contributed by atoms with Crippen LogP contribution >= 0.6 is 0 Å². The summed E-state index contributed by atoms with van der Waals surface area (Å²) in [5.74, 6) is -0.194. The molecule has 0 saturated heterocycles. The molecule has 0 aliphatic rings. The molecule has 1 aromatic carbocycles. The Morgan fingerprint density at radius 2 is 1.86 bits per heavy atom. The number of halogens is 3. The van der Waals surface area contributed by atoms with Gasteiger partial charge in [-0.1, -0.05) is 26.0 Å². The van der Waals surface area contributed by atoms with Gasteiger partial charge in [-0.15, -0.1) is 0 Å². The van der Waals surface area contributed by atoms with Gasteiger partial charge in [-0.2, -0.15) is 13.2 Å². The van der Waals surface area contributed by atoms with E-state index in [-0.39, 0.29) is 11.8 Å². The molecule has 0 saturated carbocycles. The van der Waals surface area contributed by atoms with Gasteiger partial charge >= 0.3 is 6.18 Å². The highest BCUT2D eigenvalue weighted by Crippen LogP contribution is 2.29. The number of hydrogen-bond acceptors (Lipinski definition) is 2. The van der Waals surface area contributed by atoms with Crippen molar-refractivity contribution in [3.05, 3.63) is 35.4 Å². The second-order valence-electron chi connectivity index (χ2n) is 5.10. The lowest BCUT2D eigenvalue weighted by Gasteiger charge is -2.22. The van der Waals surface area contributed by atoms with Crippen LogP contribution in [0.25, 0.3) is 0 Å². The van der Waals surface area contributed by atoms with E-state index in [1.807, 2.05) is 13.8 Å². The molecular weight excluding hydrogens is 281 g/mol. The molecule has 0 spiro atoms. The van der Waals surface area contributed by atoms with Crippen molar-refractivity contribution in [1.29, 1.82) is 0 Å². The molecule has 0 radical (unpaired) electrons. The molecule has 1 aromatic rings. The molecule has 0 aliphatic heterocycles. The quantitative estimate of drug-likeness (QED) is 0.876. The van der Waals surface area contributed by atoms with Crippen LogP contribution < -0.4 is 5.32 Å². The maximum Gasteiger partial charge on any atom is 0.416 e. The molecular formula is C15H21F3N2O. The van der Waals surface area contributed by atoms with Crippen LogP contribution in [0.15, 0.2) is 24.3 Å². The fourth-order valence-corrected chi connectivity index (χ4v) is 1.98. The van der Waals surface area contributed by atoms with Gasteiger partial charge in [0.15, 0.2) is 0 Å². The van der Waals surface area contributed by atoms with Crippen molar-refractivity contribution in [3.8, 4) is 0 Å². The van der Waals surface area contributed by atoms with Crippen molar-refractivity contribution in [2.45, 2.75) is 26.6 Å². The van der Waals surface area contributed by atoms with Crippen LogP contribution in [-0.2, 0) is 17.5 Å². The maximum atomic E-state index is 12.5. The van der Waals surface area contributed by atoms with Crippen LogP contribution in [0.5, 0.6) is 0 Å². The first-order valence-corrected chi connectivity index (χ1v) is 6.87. The first-order chi connectivity index (χ1) is 9.75. The van der Waals surface area contributed by atoms with E-state index in [1.54, 1.807) is 7.05 Å². The van der Waals surface area contributed by atoms with Crippen molar-refractivity contribution < 1.29 is 18.0 Å². The summed E-state index contributed by atoms with van der Waals surface area (Å²) in [7, 11) is 1.66. The number of amides is 1. The smallest absolute Gasteiger partial charge is 0.341 e. The number of nitrogens with one attached hydrogen (secondary N) is 1. The van der Waals surface area contributed by atoms with Gasteiger partial charge in [-0.05, 0) is 24.2 Å². The van der Waals surface area contributed by atoms with Gasteiger partial charge in [0, 0.05) is 26.1 Å². The van der Waals surface area contributed by atoms with Crippen LogP contribution in [0, 0.1) is 5.92 Å². The average molecular weight is 302 g/mol. The molecule has 1 N–H and O–H groups in total. The van der Waals surface area contributed by atoms with E-state index in [9.17, 15) is 18.0 Å². The molecule has 0 heterocycles. The normalized spacial score (nSPS) is 13.0. The molecule has 0 aliphatic carbocycles. The van der Waals surface area contributed by atoms with Crippen LogP contribution in [-0.4, -0.2) is 30.9 Å². The van der Waals surface area contributed by atoms with E-state index >= 15 is 0 Å². The number of carbonyl (C=O) groups excluding carboxylic acids is 1. The van der Waals surface area contributed by atoms with E-state index in [0.29, 0.717) is 18.7 Å². The summed E-state index contributed by atoms with van der Waals surface area (Å²) in [6.45, 7) is 5.47. The molecule has 1 amide bonds. The molecule has 118 valence electrons. The number of rotatable bonds is 6. The number of hydrogen-bond donors (Lipinski definition) is 1. The molecule has 0 fully saturated rings. The summed E-state index contributed by atoms with van der Waals surface area (Å²) >= 11 is 0. The van der Waals surface area contributed by atoms with Crippen molar-refractivity contribution in [2.75, 3.05) is 20.1 Å². The Kier molecular flexibility index (Phi) is 6.20. The third-order valence-corrected chi connectivity index (χ3v) is 3.20. The predicted octanol–water partition coefficient (Wildman–Crippen LogP) is 2.91. The Hall–Kier alpha value is -1.56. The lowest BCUT2D eigenvalue weighted by molar-refractivity contribution is -0.137. The second kappa shape index (κ2) is 7.45. The predicted molar refractivity (Wildman–Crippen MR) is 75.6 cm³/mol. The monoisotopic (exact) mass is 302 g/mol. The Morgan fingerprint density at radius 1 is 1.29 bits per heavy atom. The summed E-state index contributed by atoms with van der Waals surface area (Å²) in [5.41, 5.74) is -0.00440. The Balaban J connectivity index is 2.62. The van der Waals surface area contributed by atoms with Gasteiger partial charge in [0.1, 0.15) is 0 Å². The van der Waals surface area contributed by atoms with Crippen molar-refractivity contribution in [2.24, 2.45) is 5.92 Å². The molecule has 21 heavy (non-hydrogen) atoms. The van der Waals surface area contributed by atoms with Crippen molar-refractivity contribution >= 4 is 5.91 Å². The zero-order chi connectivity index (χ0) is 16.0. The van der Waals surface area contributed by atoms with Gasteiger partial charge < -0.3 is 10.2 Å². The number of alkyl halides is 3. The van der Waals surface area contributed by atoms with Gasteiger partial charge in [0.25, 0.3) is 0 Å². The van der Waals surface area contributed by atoms with Gasteiger partial charge in [0.05, 0.1) is 5.56 Å². The highest BCUT2D eigenvalue weighted by atomic mass is 19.4. The zero-order valence-electron chi connectivity index (χ0n) is 12.5. The minimum atomic E-state index is -4.33. The fraction of sp³-hybridized carbons (Fsp3) is 0.533. The zero-order valence-corrected chi connectivity index (χ0v) is 12.5. The SMILES string of the molecule is CCNCC(C)C(=O)N(C)Cc1ccc(C(F)(F)F)cc1.